The zero-order chi connectivity index (χ0) is 33.6. The minimum Gasteiger partial charge on any atom is -0.275 e. The Morgan fingerprint density at radius 2 is 1.67 bits per heavy atom. The number of rotatable bonds is 14. The number of unbranched alkanes of at least 4 members (excludes halogenated alkanes) is 1. The van der Waals surface area contributed by atoms with Gasteiger partial charge in [-0.3, -0.25) is 15.2 Å². The zero-order valence-electron chi connectivity index (χ0n) is 25.9. The normalized spacial score (nSPS) is 13.4. The number of alkyl halides is 3. The van der Waals surface area contributed by atoms with Gasteiger partial charge in [0.25, 0.3) is 0 Å². The molecule has 3 rings (SSSR count). The van der Waals surface area contributed by atoms with Gasteiger partial charge in [-0.1, -0.05) is 30.3 Å². The summed E-state index contributed by atoms with van der Waals surface area (Å²) in [6.45, 7) is 7.98. The molecule has 2 aromatic carbocycles. The molecule has 1 heterocycles. The lowest BCUT2D eigenvalue weighted by molar-refractivity contribution is -0.140. The van der Waals surface area contributed by atoms with Crippen LogP contribution in [-0.2, 0) is 31.0 Å². The van der Waals surface area contributed by atoms with E-state index in [4.69, 9.17) is 0 Å². The molecule has 0 saturated carbocycles. The van der Waals surface area contributed by atoms with Gasteiger partial charge in [-0.25, -0.2) is 16.8 Å². The molecule has 0 fully saturated rings. The van der Waals surface area contributed by atoms with E-state index in [0.717, 1.165) is 43.6 Å². The predicted molar refractivity (Wildman–Crippen MR) is 167 cm³/mol. The summed E-state index contributed by atoms with van der Waals surface area (Å²) < 4.78 is 96.3. The number of hydrogen-bond acceptors (Lipinski definition) is 6. The number of carbonyl (C=O) groups is 1. The minimum absolute atomic E-state index is 0.122. The molecule has 1 amide bonds. The molecule has 0 spiro atoms. The monoisotopic (exact) mass is 668 g/mol. The highest BCUT2D eigenvalue weighted by molar-refractivity contribution is 7.89. The average Bonchev–Trinajstić information content (AvgIpc) is 2.99. The van der Waals surface area contributed by atoms with Crippen LogP contribution in [0.15, 0.2) is 71.9 Å². The van der Waals surface area contributed by atoms with E-state index in [0.29, 0.717) is 5.56 Å². The van der Waals surface area contributed by atoms with Crippen LogP contribution in [0.25, 0.3) is 11.1 Å². The molecule has 0 radical (unpaired) electrons. The van der Waals surface area contributed by atoms with Crippen molar-refractivity contribution in [1.29, 1.82) is 0 Å². The van der Waals surface area contributed by atoms with Crippen LogP contribution in [0.1, 0.15) is 69.7 Å². The fourth-order valence-corrected chi connectivity index (χ4v) is 7.93. The van der Waals surface area contributed by atoms with Crippen molar-refractivity contribution in [2.45, 2.75) is 77.0 Å². The standard InChI is InChI=1S/C31H39F3N4O5S2/c1-6-44(40,41)38(22(2)3)36-30(39)16-9-10-19-37(45(42,43)29-15-8-7-14-28(29)31(32,33)34)24(5)25-12-11-13-26(20-25)27-17-18-35-21-23(27)4/h7-8,11-15,17-18,20-22,24H,6,9-10,16,19H2,1-5H3,(H,36,39)/t24-/m0/s1. The van der Waals surface area contributed by atoms with E-state index in [-0.39, 0.29) is 31.6 Å². The number of sulfonamides is 2. The molecule has 3 aromatic rings. The molecule has 1 N–H and O–H groups in total. The van der Waals surface area contributed by atoms with Crippen LogP contribution in [0.3, 0.4) is 0 Å². The Labute approximate surface area is 263 Å². The highest BCUT2D eigenvalue weighted by Crippen LogP contribution is 2.38. The minimum atomic E-state index is -4.91. The van der Waals surface area contributed by atoms with E-state index in [1.807, 2.05) is 19.1 Å². The number of pyridine rings is 1. The first-order chi connectivity index (χ1) is 21.0. The van der Waals surface area contributed by atoms with Crippen LogP contribution in [0, 0.1) is 6.92 Å². The summed E-state index contributed by atoms with van der Waals surface area (Å²) in [7, 11) is -8.40. The Morgan fingerprint density at radius 3 is 2.29 bits per heavy atom. The number of hydrogen-bond donors (Lipinski definition) is 1. The second-order valence-corrected chi connectivity index (χ2v) is 14.9. The zero-order valence-corrected chi connectivity index (χ0v) is 27.5. The second-order valence-electron chi connectivity index (χ2n) is 10.9. The number of nitrogens with one attached hydrogen (secondary N) is 1. The first kappa shape index (κ1) is 36.1. The lowest BCUT2D eigenvalue weighted by atomic mass is 9.98. The van der Waals surface area contributed by atoms with Gasteiger partial charge in [0, 0.05) is 37.4 Å². The van der Waals surface area contributed by atoms with Crippen molar-refractivity contribution in [2.24, 2.45) is 0 Å². The van der Waals surface area contributed by atoms with Crippen LogP contribution in [0.5, 0.6) is 0 Å². The Hall–Kier alpha value is -3.33. The summed E-state index contributed by atoms with van der Waals surface area (Å²) in [5.41, 5.74) is 4.25. The lowest BCUT2D eigenvalue weighted by Gasteiger charge is -2.30. The largest absolute Gasteiger partial charge is 0.417 e. The third-order valence-electron chi connectivity index (χ3n) is 7.31. The fourth-order valence-electron chi connectivity index (χ4n) is 4.89. The van der Waals surface area contributed by atoms with Crippen LogP contribution < -0.4 is 5.43 Å². The second kappa shape index (κ2) is 14.8. The van der Waals surface area contributed by atoms with Crippen LogP contribution in [0.4, 0.5) is 13.2 Å². The molecule has 1 aromatic heterocycles. The summed E-state index contributed by atoms with van der Waals surface area (Å²) in [6, 6.07) is 11.6. The van der Waals surface area contributed by atoms with Crippen molar-refractivity contribution in [3.05, 3.63) is 83.7 Å². The van der Waals surface area contributed by atoms with Crippen molar-refractivity contribution >= 4 is 26.0 Å². The maximum Gasteiger partial charge on any atom is 0.417 e. The molecule has 0 aliphatic heterocycles. The highest BCUT2D eigenvalue weighted by Gasteiger charge is 2.40. The van der Waals surface area contributed by atoms with E-state index in [9.17, 15) is 34.8 Å². The topological polar surface area (TPSA) is 117 Å². The van der Waals surface area contributed by atoms with Crippen molar-refractivity contribution in [2.75, 3.05) is 12.3 Å². The number of aryl methyl sites for hydroxylation is 1. The molecule has 14 heteroatoms. The van der Waals surface area contributed by atoms with E-state index < -0.39 is 54.7 Å². The number of aromatic nitrogens is 1. The number of benzene rings is 2. The smallest absolute Gasteiger partial charge is 0.275 e. The van der Waals surface area contributed by atoms with Crippen molar-refractivity contribution in [3.8, 4) is 11.1 Å². The molecule has 1 atom stereocenters. The van der Waals surface area contributed by atoms with Crippen LogP contribution >= 0.6 is 0 Å². The van der Waals surface area contributed by atoms with Gasteiger partial charge in [0.2, 0.25) is 26.0 Å². The SMILES string of the molecule is CCS(=O)(=O)N(NC(=O)CCCCN([C@@H](C)c1cccc(-c2ccncc2C)c1)S(=O)(=O)c1ccccc1C(F)(F)F)C(C)C. The maximum atomic E-state index is 14.0. The molecule has 0 bridgehead atoms. The Bertz CT molecular complexity index is 1700. The maximum absolute atomic E-state index is 14.0. The molecular weight excluding hydrogens is 629 g/mol. The quantitative estimate of drug-likeness (QED) is 0.164. The van der Waals surface area contributed by atoms with E-state index in [1.165, 1.54) is 13.0 Å². The van der Waals surface area contributed by atoms with Crippen LogP contribution in [0.2, 0.25) is 0 Å². The van der Waals surface area contributed by atoms with Gasteiger partial charge in [0.05, 0.1) is 16.2 Å². The number of halogens is 3. The summed E-state index contributed by atoms with van der Waals surface area (Å²) in [5, 5.41) is 0. The number of nitrogens with zero attached hydrogens (tertiary/aromatic N) is 3. The van der Waals surface area contributed by atoms with Gasteiger partial charge < -0.3 is 0 Å². The van der Waals surface area contributed by atoms with Gasteiger partial charge in [0.15, 0.2) is 0 Å². The van der Waals surface area contributed by atoms with Crippen molar-refractivity contribution in [3.63, 3.8) is 0 Å². The highest BCUT2D eigenvalue weighted by atomic mass is 32.2. The molecule has 0 aliphatic carbocycles. The molecule has 45 heavy (non-hydrogen) atoms. The summed E-state index contributed by atoms with van der Waals surface area (Å²) >= 11 is 0. The van der Waals surface area contributed by atoms with Crippen molar-refractivity contribution < 1.29 is 34.8 Å². The number of hydrazine groups is 1. The molecular formula is C31H39F3N4O5S2. The fraction of sp³-hybridized carbons (Fsp3) is 0.419. The van der Waals surface area contributed by atoms with Gasteiger partial charge in [-0.2, -0.15) is 17.5 Å². The average molecular weight is 669 g/mol. The van der Waals surface area contributed by atoms with E-state index in [1.54, 1.807) is 51.4 Å². The predicted octanol–water partition coefficient (Wildman–Crippen LogP) is 6.09. The van der Waals surface area contributed by atoms with E-state index in [2.05, 4.69) is 10.4 Å². The molecule has 0 saturated heterocycles. The summed E-state index contributed by atoms with van der Waals surface area (Å²) in [4.78, 5) is 15.9. The lowest BCUT2D eigenvalue weighted by Crippen LogP contribution is -2.50. The summed E-state index contributed by atoms with van der Waals surface area (Å²) in [5.74, 6) is -0.789. The van der Waals surface area contributed by atoms with Gasteiger partial charge in [-0.15, -0.1) is 4.41 Å². The third kappa shape index (κ3) is 8.90. The first-order valence-corrected chi connectivity index (χ1v) is 17.6. The third-order valence-corrected chi connectivity index (χ3v) is 11.2. The Kier molecular flexibility index (Phi) is 11.9. The van der Waals surface area contributed by atoms with E-state index >= 15 is 0 Å². The summed E-state index contributed by atoms with van der Waals surface area (Å²) in [6.07, 6.45) is -1.42. The number of amides is 1. The van der Waals surface area contributed by atoms with Gasteiger partial charge in [0.1, 0.15) is 0 Å². The molecule has 0 unspecified atom stereocenters. The first-order valence-electron chi connectivity index (χ1n) is 14.5. The molecule has 9 nitrogen and oxygen atoms in total. The Morgan fingerprint density at radius 1 is 0.978 bits per heavy atom. The van der Waals surface area contributed by atoms with Gasteiger partial charge >= 0.3 is 6.18 Å². The Balaban J connectivity index is 1.92. The number of carbonyl (C=O) groups excluding carboxylic acids is 1. The van der Waals surface area contributed by atoms with Crippen molar-refractivity contribution in [1.82, 2.24) is 19.1 Å². The van der Waals surface area contributed by atoms with Gasteiger partial charge in [-0.05, 0) is 94.0 Å². The molecule has 246 valence electrons. The molecule has 0 aliphatic rings. The van der Waals surface area contributed by atoms with Crippen LogP contribution in [-0.4, -0.2) is 54.8 Å².